The summed E-state index contributed by atoms with van der Waals surface area (Å²) < 4.78 is 0. The van der Waals surface area contributed by atoms with Gasteiger partial charge in [0.05, 0.1) is 0 Å². The number of benzene rings is 3. The molecule has 0 aliphatic rings. The predicted molar refractivity (Wildman–Crippen MR) is 168 cm³/mol. The van der Waals surface area contributed by atoms with Crippen LogP contribution >= 0.6 is 0 Å². The van der Waals surface area contributed by atoms with Crippen molar-refractivity contribution in [3.8, 4) is 17.2 Å². The van der Waals surface area contributed by atoms with Crippen LogP contribution in [0.1, 0.15) is 36.0 Å². The zero-order chi connectivity index (χ0) is 30.9. The Morgan fingerprint density at radius 2 is 0.907 bits per heavy atom. The van der Waals surface area contributed by atoms with Crippen molar-refractivity contribution in [3.63, 3.8) is 0 Å². The van der Waals surface area contributed by atoms with Crippen molar-refractivity contribution in [2.75, 3.05) is 26.2 Å². The number of aromatic hydroxyl groups is 3. The SMILES string of the molecule is O=C(/C=C/c1ccc(O)cc1)NCCCN([13CH2]CC[13CH2]NC(=O)/C=C/c1ccc(O)cc1)C(=O)/C=C/c1ccc(O)cc1. The number of amides is 3. The molecular weight excluding hydrogens is 548 g/mol. The molecule has 3 aromatic carbocycles. The average Bonchev–Trinajstić information content (AvgIpc) is 3.01. The van der Waals surface area contributed by atoms with E-state index < -0.39 is 0 Å². The Kier molecular flexibility index (Phi) is 13.1. The molecule has 0 saturated carbocycles. The fourth-order valence-corrected chi connectivity index (χ4v) is 3.94. The quantitative estimate of drug-likeness (QED) is 0.101. The molecule has 9 heteroatoms. The van der Waals surface area contributed by atoms with Crippen LogP contribution in [0, 0.1) is 0 Å². The minimum atomic E-state index is -0.256. The first-order chi connectivity index (χ1) is 20.8. The molecule has 0 bridgehead atoms. The van der Waals surface area contributed by atoms with E-state index >= 15 is 0 Å². The van der Waals surface area contributed by atoms with Crippen molar-refractivity contribution in [2.45, 2.75) is 19.3 Å². The molecule has 0 spiro atoms. The van der Waals surface area contributed by atoms with Gasteiger partial charge in [-0.05, 0) is 90.6 Å². The second kappa shape index (κ2) is 17.5. The molecule has 0 unspecified atom stereocenters. The number of carbonyl (C=O) groups excluding carboxylic acids is 3. The van der Waals surface area contributed by atoms with Crippen LogP contribution in [0.2, 0.25) is 0 Å². The third-order valence-corrected chi connectivity index (χ3v) is 6.32. The van der Waals surface area contributed by atoms with Gasteiger partial charge in [-0.2, -0.15) is 0 Å². The highest BCUT2D eigenvalue weighted by Crippen LogP contribution is 2.13. The first-order valence-electron chi connectivity index (χ1n) is 14.0. The Bertz CT molecular complexity index is 1410. The summed E-state index contributed by atoms with van der Waals surface area (Å²) in [6, 6.07) is 19.5. The van der Waals surface area contributed by atoms with Crippen LogP contribution in [-0.2, 0) is 14.4 Å². The molecule has 3 rings (SSSR count). The highest BCUT2D eigenvalue weighted by molar-refractivity contribution is 5.93. The summed E-state index contributed by atoms with van der Waals surface area (Å²) >= 11 is 0. The van der Waals surface area contributed by atoms with Crippen LogP contribution < -0.4 is 10.6 Å². The van der Waals surface area contributed by atoms with Crippen molar-refractivity contribution in [3.05, 3.63) is 108 Å². The molecule has 0 aromatic heterocycles. The van der Waals surface area contributed by atoms with Gasteiger partial charge in [-0.15, -0.1) is 0 Å². The Labute approximate surface area is 251 Å². The van der Waals surface area contributed by atoms with E-state index in [0.717, 1.165) is 16.7 Å². The summed E-state index contributed by atoms with van der Waals surface area (Å²) in [5.41, 5.74) is 2.36. The van der Waals surface area contributed by atoms with Gasteiger partial charge in [-0.3, -0.25) is 14.4 Å². The third-order valence-electron chi connectivity index (χ3n) is 6.32. The summed E-state index contributed by atoms with van der Waals surface area (Å²) in [6.07, 6.45) is 11.2. The molecule has 0 aliphatic carbocycles. The first-order valence-corrected chi connectivity index (χ1v) is 14.0. The summed E-state index contributed by atoms with van der Waals surface area (Å²) in [7, 11) is 0. The zero-order valence-corrected chi connectivity index (χ0v) is 23.9. The molecule has 0 heterocycles. The monoisotopic (exact) mass is 585 g/mol. The van der Waals surface area contributed by atoms with Crippen LogP contribution in [0.5, 0.6) is 17.2 Å². The Hall–Kier alpha value is -5.31. The number of unbranched alkanes of at least 4 members (excludes halogenated alkanes) is 1. The van der Waals surface area contributed by atoms with Crippen LogP contribution in [0.25, 0.3) is 18.2 Å². The fourth-order valence-electron chi connectivity index (χ4n) is 3.94. The maximum Gasteiger partial charge on any atom is 0.246 e. The van der Waals surface area contributed by atoms with Crippen LogP contribution in [0.15, 0.2) is 91.0 Å². The number of nitrogens with zero attached hydrogens (tertiary/aromatic N) is 1. The van der Waals surface area contributed by atoms with Crippen molar-refractivity contribution >= 4 is 35.9 Å². The minimum absolute atomic E-state index is 0.146. The molecule has 9 nitrogen and oxygen atoms in total. The Morgan fingerprint density at radius 3 is 1.35 bits per heavy atom. The van der Waals surface area contributed by atoms with Crippen molar-refractivity contribution in [1.82, 2.24) is 15.5 Å². The van der Waals surface area contributed by atoms with Gasteiger partial charge in [-0.25, -0.2) is 0 Å². The number of hydrogen-bond donors (Lipinski definition) is 5. The lowest BCUT2D eigenvalue weighted by Gasteiger charge is -2.21. The topological polar surface area (TPSA) is 139 Å². The predicted octanol–water partition coefficient (Wildman–Crippen LogP) is 4.47. The summed E-state index contributed by atoms with van der Waals surface area (Å²) in [5.74, 6) is -0.196. The molecule has 0 atom stereocenters. The second-order valence-electron chi connectivity index (χ2n) is 9.74. The van der Waals surface area contributed by atoms with Crippen molar-refractivity contribution < 1.29 is 29.7 Å². The van der Waals surface area contributed by atoms with Crippen LogP contribution in [0.4, 0.5) is 0 Å². The average molecular weight is 586 g/mol. The van der Waals surface area contributed by atoms with E-state index in [9.17, 15) is 29.7 Å². The fraction of sp³-hybridized carbons (Fsp3) is 0.206. The highest BCUT2D eigenvalue weighted by atomic mass is 16.3. The van der Waals surface area contributed by atoms with E-state index in [-0.39, 0.29) is 35.0 Å². The molecule has 3 aromatic rings. The van der Waals surface area contributed by atoms with E-state index in [0.29, 0.717) is 45.4 Å². The standard InChI is InChI=1S/C34H37N3O6/c38-29-13-4-26(5-14-29)10-19-32(41)35-22-1-2-24-37(34(43)21-12-28-8-17-31(40)18-9-28)25-3-23-36-33(42)20-11-27-6-15-30(39)16-7-27/h4-21,38-40H,1-3,22-25H2,(H,35,41)(H,36,42)/b19-10+,20-11+,21-12+/i22+1,24+1. The molecule has 0 radical (unpaired) electrons. The van der Waals surface area contributed by atoms with Gasteiger partial charge in [0.15, 0.2) is 0 Å². The maximum atomic E-state index is 13.0. The lowest BCUT2D eigenvalue weighted by Crippen LogP contribution is -2.34. The molecule has 224 valence electrons. The number of phenolic OH excluding ortho intramolecular Hbond substituents is 3. The molecule has 0 saturated heterocycles. The molecule has 0 fully saturated rings. The largest absolute Gasteiger partial charge is 0.508 e. The number of hydrogen-bond acceptors (Lipinski definition) is 6. The first kappa shape index (κ1) is 32.2. The van der Waals surface area contributed by atoms with Gasteiger partial charge in [0.2, 0.25) is 17.7 Å². The van der Waals surface area contributed by atoms with E-state index in [1.807, 2.05) is 0 Å². The van der Waals surface area contributed by atoms with Crippen molar-refractivity contribution in [1.29, 1.82) is 0 Å². The number of nitrogens with one attached hydrogen (secondary N) is 2. The van der Waals surface area contributed by atoms with Gasteiger partial charge in [0, 0.05) is 44.4 Å². The van der Waals surface area contributed by atoms with E-state index in [2.05, 4.69) is 10.6 Å². The lowest BCUT2D eigenvalue weighted by molar-refractivity contribution is -0.126. The maximum absolute atomic E-state index is 13.0. The van der Waals surface area contributed by atoms with Crippen molar-refractivity contribution in [2.24, 2.45) is 0 Å². The zero-order valence-electron chi connectivity index (χ0n) is 23.9. The van der Waals surface area contributed by atoms with Crippen LogP contribution in [0.3, 0.4) is 0 Å². The second-order valence-corrected chi connectivity index (χ2v) is 9.74. The molecule has 43 heavy (non-hydrogen) atoms. The Morgan fingerprint density at radius 1 is 0.535 bits per heavy atom. The van der Waals surface area contributed by atoms with Crippen LogP contribution in [-0.4, -0.2) is 64.1 Å². The summed E-state index contributed by atoms with van der Waals surface area (Å²) in [6.45, 7) is 1.75. The molecule has 0 aliphatic heterocycles. The number of carbonyl (C=O) groups is 3. The number of rotatable bonds is 15. The number of phenols is 3. The highest BCUT2D eigenvalue weighted by Gasteiger charge is 2.11. The van der Waals surface area contributed by atoms with E-state index in [1.165, 1.54) is 18.2 Å². The molecular formula is C34H37N3O6. The van der Waals surface area contributed by atoms with Gasteiger partial charge in [0.1, 0.15) is 17.2 Å². The summed E-state index contributed by atoms with van der Waals surface area (Å²) in [5, 5.41) is 33.8. The van der Waals surface area contributed by atoms with E-state index in [1.54, 1.807) is 95.9 Å². The third kappa shape index (κ3) is 12.8. The van der Waals surface area contributed by atoms with Gasteiger partial charge in [0.25, 0.3) is 0 Å². The lowest BCUT2D eigenvalue weighted by atomic mass is 10.2. The van der Waals surface area contributed by atoms with Gasteiger partial charge in [-0.1, -0.05) is 36.4 Å². The molecule has 5 N–H and O–H groups in total. The normalized spacial score (nSPS) is 11.3. The summed E-state index contributed by atoms with van der Waals surface area (Å²) in [4.78, 5) is 39.0. The Balaban J connectivity index is 1.45. The molecule has 3 amide bonds. The van der Waals surface area contributed by atoms with E-state index in [4.69, 9.17) is 0 Å². The smallest absolute Gasteiger partial charge is 0.246 e. The van der Waals surface area contributed by atoms with Gasteiger partial charge >= 0.3 is 0 Å². The minimum Gasteiger partial charge on any atom is -0.508 e. The van der Waals surface area contributed by atoms with Gasteiger partial charge < -0.3 is 30.9 Å².